The molecule has 0 N–H and O–H groups in total. The first-order chi connectivity index (χ1) is 11.7. The van der Waals surface area contributed by atoms with Gasteiger partial charge in [0.2, 0.25) is 11.8 Å². The molecule has 0 saturated carbocycles. The molecule has 25 heavy (non-hydrogen) atoms. The van der Waals surface area contributed by atoms with Crippen LogP contribution in [-0.2, 0) is 22.3 Å². The first-order valence-electron chi connectivity index (χ1n) is 7.99. The van der Waals surface area contributed by atoms with Crippen LogP contribution in [0.1, 0.15) is 18.4 Å². The number of nitrogens with zero attached hydrogens (tertiary/aromatic N) is 3. The van der Waals surface area contributed by atoms with Crippen LogP contribution in [0.25, 0.3) is 0 Å². The van der Waals surface area contributed by atoms with Crippen LogP contribution in [0.2, 0.25) is 0 Å². The van der Waals surface area contributed by atoms with Crippen LogP contribution in [0.3, 0.4) is 0 Å². The molecule has 136 valence electrons. The predicted molar refractivity (Wildman–Crippen MR) is 81.6 cm³/mol. The number of fused-ring (bicyclic) bond motifs is 4. The maximum Gasteiger partial charge on any atom is 0.421 e. The van der Waals surface area contributed by atoms with Gasteiger partial charge >= 0.3 is 6.18 Å². The van der Waals surface area contributed by atoms with Gasteiger partial charge in [-0.3, -0.25) is 14.4 Å². The van der Waals surface area contributed by atoms with Crippen molar-refractivity contribution in [3.05, 3.63) is 34.2 Å². The van der Waals surface area contributed by atoms with Gasteiger partial charge in [-0.2, -0.15) is 13.2 Å². The molecule has 4 rings (SSSR count). The van der Waals surface area contributed by atoms with Crippen molar-refractivity contribution in [2.75, 3.05) is 20.1 Å². The number of hydrogen-bond acceptors (Lipinski definition) is 3. The summed E-state index contributed by atoms with van der Waals surface area (Å²) in [5.74, 6) is -0.754. The molecule has 0 aromatic carbocycles. The van der Waals surface area contributed by atoms with Gasteiger partial charge in [-0.25, -0.2) is 0 Å². The average Bonchev–Trinajstić information content (AvgIpc) is 2.82. The number of amides is 2. The Morgan fingerprint density at radius 2 is 1.96 bits per heavy atom. The summed E-state index contributed by atoms with van der Waals surface area (Å²) < 4.78 is 39.2. The largest absolute Gasteiger partial charge is 0.421 e. The van der Waals surface area contributed by atoms with Gasteiger partial charge in [-0.05, 0) is 25.0 Å². The highest BCUT2D eigenvalue weighted by Gasteiger charge is 2.40. The minimum Gasteiger partial charge on any atom is -0.341 e. The normalized spacial score (nSPS) is 23.8. The number of pyridine rings is 1. The second-order valence-electron chi connectivity index (χ2n) is 6.53. The van der Waals surface area contributed by atoms with E-state index in [4.69, 9.17) is 0 Å². The quantitative estimate of drug-likeness (QED) is 0.792. The standard InChI is InChI=1S/C16H18F3N3O3/c1-20-11-5-4-10(14(20)24)7-22(8-11)13(23)9-21-6-2-3-12(15(21)25)16(17,18)19/h2-3,6,10-11H,4-5,7-9H2,1H3. The Balaban J connectivity index is 1.80. The molecule has 2 amide bonds. The van der Waals surface area contributed by atoms with Crippen LogP contribution in [0.4, 0.5) is 13.2 Å². The van der Waals surface area contributed by atoms with E-state index in [0.717, 1.165) is 17.1 Å². The first kappa shape index (κ1) is 17.5. The van der Waals surface area contributed by atoms with Gasteiger partial charge in [0, 0.05) is 32.4 Å². The third kappa shape index (κ3) is 3.27. The number of hydrogen-bond donors (Lipinski definition) is 0. The van der Waals surface area contributed by atoms with E-state index in [9.17, 15) is 27.6 Å². The lowest BCUT2D eigenvalue weighted by atomic mass is 9.95. The van der Waals surface area contributed by atoms with Crippen molar-refractivity contribution >= 4 is 11.8 Å². The van der Waals surface area contributed by atoms with E-state index in [1.807, 2.05) is 0 Å². The molecule has 3 aliphatic heterocycles. The van der Waals surface area contributed by atoms with Gasteiger partial charge in [0.1, 0.15) is 12.1 Å². The number of aromatic nitrogens is 1. The van der Waals surface area contributed by atoms with Crippen molar-refractivity contribution in [2.24, 2.45) is 5.92 Å². The molecule has 0 aliphatic carbocycles. The van der Waals surface area contributed by atoms with Crippen LogP contribution < -0.4 is 5.56 Å². The van der Waals surface area contributed by atoms with Gasteiger partial charge in [0.25, 0.3) is 5.56 Å². The summed E-state index contributed by atoms with van der Waals surface area (Å²) in [6.45, 7) is 0.109. The molecular formula is C16H18F3N3O3. The van der Waals surface area contributed by atoms with Crippen molar-refractivity contribution in [2.45, 2.75) is 31.6 Å². The second kappa shape index (κ2) is 6.20. The highest BCUT2D eigenvalue weighted by atomic mass is 19.4. The van der Waals surface area contributed by atoms with Crippen LogP contribution in [0.15, 0.2) is 23.1 Å². The van der Waals surface area contributed by atoms with E-state index in [1.54, 1.807) is 11.9 Å². The Morgan fingerprint density at radius 1 is 1.24 bits per heavy atom. The Bertz CT molecular complexity index is 759. The Labute approximate surface area is 141 Å². The van der Waals surface area contributed by atoms with E-state index >= 15 is 0 Å². The number of carbonyl (C=O) groups is 2. The monoisotopic (exact) mass is 357 g/mol. The molecule has 3 fully saturated rings. The fourth-order valence-corrected chi connectivity index (χ4v) is 3.48. The zero-order valence-corrected chi connectivity index (χ0v) is 13.6. The van der Waals surface area contributed by atoms with Gasteiger partial charge in [0.15, 0.2) is 0 Å². The molecule has 0 spiro atoms. The minimum absolute atomic E-state index is 0.0113. The number of carbonyl (C=O) groups excluding carboxylic acids is 2. The highest BCUT2D eigenvalue weighted by Crippen LogP contribution is 2.28. The predicted octanol–water partition coefficient (Wildman–Crippen LogP) is 0.946. The molecule has 1 aromatic heterocycles. The van der Waals surface area contributed by atoms with Crippen LogP contribution in [-0.4, -0.2) is 52.4 Å². The summed E-state index contributed by atoms with van der Waals surface area (Å²) in [5, 5.41) is 0. The maximum absolute atomic E-state index is 12.8. The lowest BCUT2D eigenvalue weighted by Crippen LogP contribution is -2.45. The molecule has 6 nitrogen and oxygen atoms in total. The van der Waals surface area contributed by atoms with E-state index < -0.39 is 29.8 Å². The third-order valence-electron chi connectivity index (χ3n) is 4.95. The summed E-state index contributed by atoms with van der Waals surface area (Å²) in [6, 6.07) is 1.71. The van der Waals surface area contributed by atoms with Gasteiger partial charge in [-0.15, -0.1) is 0 Å². The summed E-state index contributed by atoms with van der Waals surface area (Å²) in [6.07, 6.45) is -2.11. The van der Waals surface area contributed by atoms with Crippen molar-refractivity contribution in [3.63, 3.8) is 0 Å². The SMILES string of the molecule is CN1C(=O)C2CCC1CN(C(=O)Cn1cccc(C(F)(F)F)c1=O)C2. The molecule has 4 heterocycles. The summed E-state index contributed by atoms with van der Waals surface area (Å²) in [7, 11) is 1.70. The average molecular weight is 357 g/mol. The number of likely N-dealkylation sites (N-methyl/N-ethyl adjacent to an activating group) is 1. The van der Waals surface area contributed by atoms with Crippen molar-refractivity contribution in [3.8, 4) is 0 Å². The fraction of sp³-hybridized carbons (Fsp3) is 0.562. The summed E-state index contributed by atoms with van der Waals surface area (Å²) in [5.41, 5.74) is -2.54. The lowest BCUT2D eigenvalue weighted by Gasteiger charge is -2.32. The van der Waals surface area contributed by atoms with Crippen molar-refractivity contribution in [1.82, 2.24) is 14.4 Å². The smallest absolute Gasteiger partial charge is 0.341 e. The number of piperidine rings is 1. The third-order valence-corrected chi connectivity index (χ3v) is 4.95. The van der Waals surface area contributed by atoms with Gasteiger partial charge in [-0.1, -0.05) is 0 Å². The minimum atomic E-state index is -4.76. The Kier molecular flexibility index (Phi) is 4.34. The molecule has 2 bridgehead atoms. The Hall–Kier alpha value is -2.32. The first-order valence-corrected chi connectivity index (χ1v) is 7.99. The van der Waals surface area contributed by atoms with Gasteiger partial charge in [0.05, 0.1) is 5.92 Å². The molecule has 1 aromatic rings. The van der Waals surface area contributed by atoms with E-state index in [2.05, 4.69) is 0 Å². The zero-order valence-electron chi connectivity index (χ0n) is 13.6. The molecule has 2 unspecified atom stereocenters. The van der Waals surface area contributed by atoms with Crippen molar-refractivity contribution < 1.29 is 22.8 Å². The summed E-state index contributed by atoms with van der Waals surface area (Å²) >= 11 is 0. The fourth-order valence-electron chi connectivity index (χ4n) is 3.48. The van der Waals surface area contributed by atoms with E-state index in [-0.39, 0.29) is 24.4 Å². The molecular weight excluding hydrogens is 339 g/mol. The Morgan fingerprint density at radius 3 is 2.64 bits per heavy atom. The molecule has 9 heteroatoms. The van der Waals surface area contributed by atoms with Crippen LogP contribution in [0, 0.1) is 5.92 Å². The summed E-state index contributed by atoms with van der Waals surface area (Å²) in [4.78, 5) is 39.7. The van der Waals surface area contributed by atoms with Crippen LogP contribution >= 0.6 is 0 Å². The van der Waals surface area contributed by atoms with Gasteiger partial charge < -0.3 is 14.4 Å². The van der Waals surface area contributed by atoms with E-state index in [0.29, 0.717) is 19.0 Å². The molecule has 3 aliphatic rings. The highest BCUT2D eigenvalue weighted by molar-refractivity contribution is 5.83. The van der Waals surface area contributed by atoms with Crippen LogP contribution in [0.5, 0.6) is 0 Å². The molecule has 2 atom stereocenters. The van der Waals surface area contributed by atoms with E-state index in [1.165, 1.54) is 11.1 Å². The lowest BCUT2D eigenvalue weighted by molar-refractivity contribution is -0.140. The zero-order chi connectivity index (χ0) is 18.4. The second-order valence-corrected chi connectivity index (χ2v) is 6.53. The molecule has 0 radical (unpaired) electrons. The molecule has 3 saturated heterocycles. The number of alkyl halides is 3. The topological polar surface area (TPSA) is 62.6 Å². The maximum atomic E-state index is 12.8. The number of rotatable bonds is 2. The van der Waals surface area contributed by atoms with Crippen molar-refractivity contribution in [1.29, 1.82) is 0 Å². The number of halogens is 3.